The maximum atomic E-state index is 12.7. The second kappa shape index (κ2) is 6.84. The van der Waals surface area contributed by atoms with E-state index in [4.69, 9.17) is 4.84 Å². The number of carbonyl (C=O) groups excluding carboxylic acids is 2. The molecule has 0 atom stereocenters. The lowest BCUT2D eigenvalue weighted by atomic mass is 10.1. The predicted molar refractivity (Wildman–Crippen MR) is 88.4 cm³/mol. The molecule has 132 valence electrons. The number of para-hydroxylation sites is 1. The molecular weight excluding hydrogens is 328 g/mol. The van der Waals surface area contributed by atoms with E-state index in [1.54, 1.807) is 24.3 Å². The molecule has 1 aliphatic rings. The van der Waals surface area contributed by atoms with Crippen LogP contribution in [-0.2, 0) is 9.53 Å². The number of hydrogen-bond acceptors (Lipinski definition) is 6. The highest BCUT2D eigenvalue weighted by Crippen LogP contribution is 2.29. The van der Waals surface area contributed by atoms with E-state index in [2.05, 4.69) is 10.1 Å². The van der Waals surface area contributed by atoms with Crippen LogP contribution in [0.4, 0.5) is 0 Å². The number of methoxy groups -OCH3 is 1. The molecule has 2 N–H and O–H groups in total. The second-order valence-electron chi connectivity index (χ2n) is 5.84. The van der Waals surface area contributed by atoms with Gasteiger partial charge in [-0.25, -0.2) is 0 Å². The van der Waals surface area contributed by atoms with E-state index < -0.39 is 35.3 Å². The summed E-state index contributed by atoms with van der Waals surface area (Å²) in [5.41, 5.74) is -0.882. The molecule has 0 bridgehead atoms. The Morgan fingerprint density at radius 3 is 2.72 bits per heavy atom. The van der Waals surface area contributed by atoms with Gasteiger partial charge in [-0.2, -0.15) is 0 Å². The van der Waals surface area contributed by atoms with Crippen molar-refractivity contribution in [3.05, 3.63) is 40.2 Å². The molecule has 0 aliphatic heterocycles. The van der Waals surface area contributed by atoms with Crippen LogP contribution >= 0.6 is 0 Å². The number of pyridine rings is 1. The Hall–Kier alpha value is -3.03. The summed E-state index contributed by atoms with van der Waals surface area (Å²) in [6.45, 7) is -0.0537. The monoisotopic (exact) mass is 346 g/mol. The summed E-state index contributed by atoms with van der Waals surface area (Å²) >= 11 is 0. The van der Waals surface area contributed by atoms with Crippen LogP contribution in [0.1, 0.15) is 23.2 Å². The maximum absolute atomic E-state index is 12.7. The van der Waals surface area contributed by atoms with Crippen molar-refractivity contribution in [1.29, 1.82) is 0 Å². The van der Waals surface area contributed by atoms with Gasteiger partial charge in [0.25, 0.3) is 11.5 Å². The number of esters is 1. The van der Waals surface area contributed by atoms with Crippen LogP contribution in [0, 0.1) is 5.92 Å². The maximum Gasteiger partial charge on any atom is 0.325 e. The van der Waals surface area contributed by atoms with Gasteiger partial charge in [0.2, 0.25) is 0 Å². The van der Waals surface area contributed by atoms with Gasteiger partial charge in [-0.3, -0.25) is 14.4 Å². The van der Waals surface area contributed by atoms with E-state index in [1.807, 2.05) is 0 Å². The summed E-state index contributed by atoms with van der Waals surface area (Å²) in [6, 6.07) is 6.58. The molecule has 1 aliphatic carbocycles. The third kappa shape index (κ3) is 3.42. The fourth-order valence-corrected chi connectivity index (χ4v) is 2.41. The number of benzene rings is 1. The first kappa shape index (κ1) is 16.8. The van der Waals surface area contributed by atoms with E-state index in [0.29, 0.717) is 23.4 Å². The zero-order valence-electron chi connectivity index (χ0n) is 13.7. The molecule has 8 heteroatoms. The molecule has 0 radical (unpaired) electrons. The van der Waals surface area contributed by atoms with Crippen molar-refractivity contribution < 1.29 is 24.3 Å². The lowest BCUT2D eigenvalue weighted by Gasteiger charge is -2.15. The lowest BCUT2D eigenvalue weighted by Crippen LogP contribution is -2.38. The van der Waals surface area contributed by atoms with Crippen LogP contribution in [0.2, 0.25) is 0 Å². The van der Waals surface area contributed by atoms with E-state index in [1.165, 1.54) is 7.11 Å². The Morgan fingerprint density at radius 2 is 2.04 bits per heavy atom. The smallest absolute Gasteiger partial charge is 0.325 e. The quantitative estimate of drug-likeness (QED) is 0.736. The van der Waals surface area contributed by atoms with Crippen molar-refractivity contribution in [2.75, 3.05) is 20.3 Å². The number of hydrogen-bond donors (Lipinski definition) is 2. The molecule has 3 rings (SSSR count). The predicted octanol–water partition coefficient (Wildman–Crippen LogP) is 0.448. The van der Waals surface area contributed by atoms with Crippen molar-refractivity contribution in [2.45, 2.75) is 12.8 Å². The zero-order chi connectivity index (χ0) is 18.0. The minimum absolute atomic E-state index is 0.307. The molecule has 25 heavy (non-hydrogen) atoms. The summed E-state index contributed by atoms with van der Waals surface area (Å²) in [4.78, 5) is 41.8. The third-order valence-electron chi connectivity index (χ3n) is 4.00. The Balaban J connectivity index is 2.03. The van der Waals surface area contributed by atoms with Gasteiger partial charge in [-0.05, 0) is 30.9 Å². The molecule has 1 heterocycles. The normalized spacial score (nSPS) is 13.5. The lowest BCUT2D eigenvalue weighted by molar-refractivity contribution is -0.139. The molecule has 1 aromatic heterocycles. The van der Waals surface area contributed by atoms with Crippen LogP contribution in [0.15, 0.2) is 29.1 Å². The number of aromatic hydroxyl groups is 1. The summed E-state index contributed by atoms with van der Waals surface area (Å²) in [5, 5.41) is 13.0. The molecule has 0 saturated heterocycles. The highest BCUT2D eigenvalue weighted by molar-refractivity contribution is 6.03. The van der Waals surface area contributed by atoms with Gasteiger partial charge < -0.3 is 20.0 Å². The molecule has 1 fully saturated rings. The van der Waals surface area contributed by atoms with Crippen LogP contribution in [0.5, 0.6) is 5.75 Å². The van der Waals surface area contributed by atoms with Crippen molar-refractivity contribution >= 4 is 22.8 Å². The average Bonchev–Trinajstić information content (AvgIpc) is 3.44. The van der Waals surface area contributed by atoms with Crippen molar-refractivity contribution in [3.8, 4) is 5.75 Å². The number of carbonyl (C=O) groups is 2. The first-order chi connectivity index (χ1) is 12.0. The number of rotatable bonds is 6. The van der Waals surface area contributed by atoms with Crippen LogP contribution < -0.4 is 15.7 Å². The Bertz CT molecular complexity index is 885. The minimum atomic E-state index is -0.873. The van der Waals surface area contributed by atoms with E-state index in [-0.39, 0.29) is 0 Å². The number of nitrogens with one attached hydrogen (secondary N) is 1. The molecule has 0 spiro atoms. The number of fused-ring (bicyclic) bond motifs is 1. The third-order valence-corrected chi connectivity index (χ3v) is 4.00. The van der Waals surface area contributed by atoms with E-state index in [9.17, 15) is 19.5 Å². The van der Waals surface area contributed by atoms with Gasteiger partial charge in [-0.1, -0.05) is 12.1 Å². The van der Waals surface area contributed by atoms with E-state index >= 15 is 0 Å². The number of aromatic nitrogens is 1. The first-order valence-corrected chi connectivity index (χ1v) is 7.88. The molecular formula is C17H18N2O6. The summed E-state index contributed by atoms with van der Waals surface area (Å²) in [6.07, 6.45) is 2.08. The highest BCUT2D eigenvalue weighted by Gasteiger charge is 2.26. The summed E-state index contributed by atoms with van der Waals surface area (Å²) in [7, 11) is 1.18. The fourth-order valence-electron chi connectivity index (χ4n) is 2.41. The van der Waals surface area contributed by atoms with Crippen molar-refractivity contribution in [1.82, 2.24) is 10.0 Å². The standard InChI is InChI=1S/C17H18N2O6/c1-24-13(20)8-18-16(22)14-15(21)11-4-2-3-5-12(11)19(17(14)23)25-9-10-6-7-10/h2-5,10,21H,6-9H2,1H3,(H,18,22). The van der Waals surface area contributed by atoms with Gasteiger partial charge >= 0.3 is 5.97 Å². The van der Waals surface area contributed by atoms with Gasteiger partial charge in [-0.15, -0.1) is 4.73 Å². The van der Waals surface area contributed by atoms with Crippen LogP contribution in [-0.4, -0.2) is 42.0 Å². The molecule has 1 saturated carbocycles. The van der Waals surface area contributed by atoms with Crippen LogP contribution in [0.3, 0.4) is 0 Å². The van der Waals surface area contributed by atoms with Crippen LogP contribution in [0.25, 0.3) is 10.9 Å². The Morgan fingerprint density at radius 1 is 1.32 bits per heavy atom. The largest absolute Gasteiger partial charge is 0.506 e. The highest BCUT2D eigenvalue weighted by atomic mass is 16.7. The molecule has 2 aromatic rings. The van der Waals surface area contributed by atoms with E-state index in [0.717, 1.165) is 17.6 Å². The summed E-state index contributed by atoms with van der Waals surface area (Å²) in [5.74, 6) is -1.59. The number of nitrogens with zero attached hydrogens (tertiary/aromatic N) is 1. The first-order valence-electron chi connectivity index (χ1n) is 7.88. The zero-order valence-corrected chi connectivity index (χ0v) is 13.7. The molecule has 1 amide bonds. The Labute approximate surface area is 142 Å². The molecule has 1 aromatic carbocycles. The SMILES string of the molecule is COC(=O)CNC(=O)c1c(O)c2ccccc2n(OCC2CC2)c1=O. The van der Waals surface area contributed by atoms with Gasteiger partial charge in [0.15, 0.2) is 5.56 Å². The number of amides is 1. The van der Waals surface area contributed by atoms with Gasteiger partial charge in [0, 0.05) is 5.39 Å². The second-order valence-corrected chi connectivity index (χ2v) is 5.84. The van der Waals surface area contributed by atoms with Crippen molar-refractivity contribution in [2.24, 2.45) is 5.92 Å². The average molecular weight is 346 g/mol. The minimum Gasteiger partial charge on any atom is -0.506 e. The molecule has 0 unspecified atom stereocenters. The van der Waals surface area contributed by atoms with Gasteiger partial charge in [0.1, 0.15) is 18.9 Å². The summed E-state index contributed by atoms with van der Waals surface area (Å²) < 4.78 is 5.47. The fraction of sp³-hybridized carbons (Fsp3) is 0.353. The Kier molecular flexibility index (Phi) is 4.60. The molecule has 8 nitrogen and oxygen atoms in total. The number of ether oxygens (including phenoxy) is 1. The van der Waals surface area contributed by atoms with Gasteiger partial charge in [0.05, 0.1) is 12.6 Å². The topological polar surface area (TPSA) is 107 Å². The van der Waals surface area contributed by atoms with Crippen molar-refractivity contribution in [3.63, 3.8) is 0 Å².